The fraction of sp³-hybridized carbons (Fsp3) is 0.222. The maximum Gasteiger partial charge on any atom is 0.179 e. The molecule has 0 radical (unpaired) electrons. The third kappa shape index (κ3) is 2.09. The summed E-state index contributed by atoms with van der Waals surface area (Å²) in [6.45, 7) is 1.74. The molecular weight excluding hydrogens is 258 g/mol. The molecule has 0 unspecified atom stereocenters. The highest BCUT2D eigenvalue weighted by Gasteiger charge is 2.14. The van der Waals surface area contributed by atoms with Gasteiger partial charge in [0.25, 0.3) is 0 Å². The minimum absolute atomic E-state index is 0.136. The first-order valence-corrected chi connectivity index (χ1v) is 4.94. The Balaban J connectivity index is 3.33. The number of ketones is 1. The second-order valence-corrected chi connectivity index (χ2v) is 3.67. The highest BCUT2D eigenvalue weighted by Crippen LogP contribution is 2.24. The van der Waals surface area contributed by atoms with Gasteiger partial charge in [-0.25, -0.2) is 4.39 Å². The maximum absolute atomic E-state index is 13.0. The van der Waals surface area contributed by atoms with Gasteiger partial charge in [-0.1, -0.05) is 6.07 Å². The molecular formula is C9H7BrClFO. The third-order valence-electron chi connectivity index (χ3n) is 1.70. The molecule has 0 spiro atoms. The highest BCUT2D eigenvalue weighted by atomic mass is 79.9. The summed E-state index contributed by atoms with van der Waals surface area (Å²) in [7, 11) is 0. The van der Waals surface area contributed by atoms with E-state index in [1.54, 1.807) is 13.0 Å². The van der Waals surface area contributed by atoms with Crippen LogP contribution in [0.25, 0.3) is 0 Å². The Labute approximate surface area is 89.0 Å². The number of aryl methyl sites for hydroxylation is 1. The van der Waals surface area contributed by atoms with Crippen molar-refractivity contribution < 1.29 is 9.18 Å². The molecule has 0 atom stereocenters. The van der Waals surface area contributed by atoms with Crippen LogP contribution < -0.4 is 0 Å². The zero-order chi connectivity index (χ0) is 10.0. The number of alkyl halides is 1. The van der Waals surface area contributed by atoms with E-state index in [9.17, 15) is 9.18 Å². The lowest BCUT2D eigenvalue weighted by molar-refractivity contribution is 0.101. The van der Waals surface area contributed by atoms with Crippen molar-refractivity contribution in [2.75, 3.05) is 5.88 Å². The molecule has 1 nitrogen and oxygen atoms in total. The lowest BCUT2D eigenvalue weighted by atomic mass is 10.1. The van der Waals surface area contributed by atoms with E-state index >= 15 is 0 Å². The summed E-state index contributed by atoms with van der Waals surface area (Å²) in [5.74, 6) is -0.854. The van der Waals surface area contributed by atoms with Crippen molar-refractivity contribution in [3.05, 3.63) is 33.5 Å². The van der Waals surface area contributed by atoms with Crippen molar-refractivity contribution in [1.82, 2.24) is 0 Å². The van der Waals surface area contributed by atoms with E-state index in [4.69, 9.17) is 11.6 Å². The first-order chi connectivity index (χ1) is 6.07. The lowest BCUT2D eigenvalue weighted by Crippen LogP contribution is -2.05. The molecule has 0 N–H and O–H groups in total. The highest BCUT2D eigenvalue weighted by molar-refractivity contribution is 9.10. The molecule has 1 aromatic carbocycles. The van der Waals surface area contributed by atoms with Crippen LogP contribution in [0.4, 0.5) is 4.39 Å². The predicted octanol–water partition coefficient (Wildman–Crippen LogP) is 3.32. The summed E-state index contributed by atoms with van der Waals surface area (Å²) in [4.78, 5) is 11.3. The molecule has 13 heavy (non-hydrogen) atoms. The Morgan fingerprint density at radius 2 is 2.23 bits per heavy atom. The number of rotatable bonds is 2. The van der Waals surface area contributed by atoms with Crippen molar-refractivity contribution >= 4 is 33.3 Å². The fourth-order valence-electron chi connectivity index (χ4n) is 1.06. The molecule has 0 saturated heterocycles. The number of Topliss-reactive ketones (excluding diaryl/α,β-unsaturated/α-hetero) is 1. The summed E-state index contributed by atoms with van der Waals surface area (Å²) in [6, 6.07) is 2.87. The summed E-state index contributed by atoms with van der Waals surface area (Å²) < 4.78 is 13.2. The van der Waals surface area contributed by atoms with Crippen molar-refractivity contribution in [2.24, 2.45) is 0 Å². The third-order valence-corrected chi connectivity index (χ3v) is 2.72. The molecule has 1 rings (SSSR count). The Morgan fingerprint density at radius 3 is 2.77 bits per heavy atom. The molecule has 0 saturated carbocycles. The van der Waals surface area contributed by atoms with Gasteiger partial charge in [0.05, 0.1) is 10.4 Å². The van der Waals surface area contributed by atoms with Crippen LogP contribution in [-0.4, -0.2) is 11.7 Å². The van der Waals surface area contributed by atoms with E-state index in [1.807, 2.05) is 0 Å². The van der Waals surface area contributed by atoms with Gasteiger partial charge in [0.15, 0.2) is 5.78 Å². The number of halogens is 3. The Kier molecular flexibility index (Phi) is 3.45. The minimum atomic E-state index is -0.445. The molecule has 0 aliphatic carbocycles. The zero-order valence-electron chi connectivity index (χ0n) is 6.90. The van der Waals surface area contributed by atoms with Crippen molar-refractivity contribution in [1.29, 1.82) is 0 Å². The summed E-state index contributed by atoms with van der Waals surface area (Å²) in [5.41, 5.74) is 1.05. The van der Waals surface area contributed by atoms with E-state index in [2.05, 4.69) is 15.9 Å². The van der Waals surface area contributed by atoms with Gasteiger partial charge in [0.2, 0.25) is 0 Å². The number of hydrogen-bond acceptors (Lipinski definition) is 1. The Morgan fingerprint density at radius 1 is 1.62 bits per heavy atom. The van der Waals surface area contributed by atoms with Crippen LogP contribution in [0.15, 0.2) is 16.6 Å². The Hall–Kier alpha value is -0.410. The molecule has 0 aliphatic rings. The van der Waals surface area contributed by atoms with Gasteiger partial charge in [-0.15, -0.1) is 11.6 Å². The van der Waals surface area contributed by atoms with E-state index in [-0.39, 0.29) is 16.1 Å². The van der Waals surface area contributed by atoms with Gasteiger partial charge >= 0.3 is 0 Å². The molecule has 1 aromatic rings. The Bertz CT molecular complexity index is 352. The van der Waals surface area contributed by atoms with Crippen LogP contribution >= 0.6 is 27.5 Å². The average molecular weight is 266 g/mol. The predicted molar refractivity (Wildman–Crippen MR) is 53.9 cm³/mol. The van der Waals surface area contributed by atoms with Crippen molar-refractivity contribution in [2.45, 2.75) is 6.92 Å². The molecule has 0 amide bonds. The normalized spacial score (nSPS) is 10.2. The quantitative estimate of drug-likeness (QED) is 0.592. The first kappa shape index (κ1) is 10.7. The van der Waals surface area contributed by atoms with E-state index in [0.717, 1.165) is 5.56 Å². The topological polar surface area (TPSA) is 17.1 Å². The second-order valence-electron chi connectivity index (χ2n) is 2.61. The molecule has 0 fully saturated rings. The van der Waals surface area contributed by atoms with E-state index < -0.39 is 5.82 Å². The minimum Gasteiger partial charge on any atom is -0.293 e. The van der Waals surface area contributed by atoms with E-state index in [1.165, 1.54) is 6.07 Å². The van der Waals surface area contributed by atoms with Gasteiger partial charge in [0, 0.05) is 5.56 Å². The summed E-state index contributed by atoms with van der Waals surface area (Å²) >= 11 is 8.41. The largest absolute Gasteiger partial charge is 0.293 e. The van der Waals surface area contributed by atoms with Gasteiger partial charge in [-0.2, -0.15) is 0 Å². The van der Waals surface area contributed by atoms with Gasteiger partial charge < -0.3 is 0 Å². The zero-order valence-corrected chi connectivity index (χ0v) is 9.25. The van der Waals surface area contributed by atoms with Gasteiger partial charge in [0.1, 0.15) is 5.82 Å². The van der Waals surface area contributed by atoms with Crippen LogP contribution in [0.5, 0.6) is 0 Å². The van der Waals surface area contributed by atoms with Crippen LogP contribution in [0.1, 0.15) is 15.9 Å². The molecule has 4 heteroatoms. The van der Waals surface area contributed by atoms with Crippen LogP contribution in [0.2, 0.25) is 0 Å². The monoisotopic (exact) mass is 264 g/mol. The molecule has 0 bridgehead atoms. The van der Waals surface area contributed by atoms with Crippen LogP contribution in [-0.2, 0) is 0 Å². The van der Waals surface area contributed by atoms with Crippen molar-refractivity contribution in [3.63, 3.8) is 0 Å². The lowest BCUT2D eigenvalue weighted by Gasteiger charge is -2.05. The molecule has 0 aromatic heterocycles. The fourth-order valence-corrected chi connectivity index (χ4v) is 1.86. The summed E-state index contributed by atoms with van der Waals surface area (Å²) in [5, 5.41) is 0. The van der Waals surface area contributed by atoms with E-state index in [0.29, 0.717) is 5.56 Å². The van der Waals surface area contributed by atoms with Crippen LogP contribution in [0.3, 0.4) is 0 Å². The molecule has 0 heterocycles. The number of benzene rings is 1. The molecule has 70 valence electrons. The molecule has 0 aliphatic heterocycles. The van der Waals surface area contributed by atoms with Crippen LogP contribution in [0, 0.1) is 12.7 Å². The average Bonchev–Trinajstić information content (AvgIpc) is 2.12. The standard InChI is InChI=1S/C9H7BrClFO/c1-5-2-3-6(12)9(10)8(5)7(13)4-11/h2-3H,4H2,1H3. The maximum atomic E-state index is 13.0. The van der Waals surface area contributed by atoms with Gasteiger partial charge in [-0.3, -0.25) is 4.79 Å². The van der Waals surface area contributed by atoms with Gasteiger partial charge in [-0.05, 0) is 34.5 Å². The van der Waals surface area contributed by atoms with Crippen molar-refractivity contribution in [3.8, 4) is 0 Å². The number of carbonyl (C=O) groups is 1. The number of hydrogen-bond donors (Lipinski definition) is 0. The SMILES string of the molecule is Cc1ccc(F)c(Br)c1C(=O)CCl. The second kappa shape index (κ2) is 4.20. The smallest absolute Gasteiger partial charge is 0.179 e. The number of carbonyl (C=O) groups excluding carboxylic acids is 1. The first-order valence-electron chi connectivity index (χ1n) is 3.61. The summed E-state index contributed by atoms with van der Waals surface area (Å²) in [6.07, 6.45) is 0.